The van der Waals surface area contributed by atoms with Crippen molar-refractivity contribution in [1.82, 2.24) is 0 Å². The van der Waals surface area contributed by atoms with Gasteiger partial charge in [0.1, 0.15) is 5.75 Å². The summed E-state index contributed by atoms with van der Waals surface area (Å²) in [6.07, 6.45) is 6.35. The number of unbranched alkanes of at least 4 members (excludes halogenated alkanes) is 2. The normalized spacial score (nSPS) is 17.3. The van der Waals surface area contributed by atoms with Crippen LogP contribution in [0.15, 0.2) is 47.4 Å². The molecular weight excluding hydrogens is 458 g/mol. The van der Waals surface area contributed by atoms with Crippen LogP contribution in [0, 0.1) is 5.41 Å². The Kier molecular flexibility index (Phi) is 9.21. The molecule has 0 aromatic heterocycles. The summed E-state index contributed by atoms with van der Waals surface area (Å²) in [7, 11) is -1.23. The van der Waals surface area contributed by atoms with E-state index in [2.05, 4.69) is 30.9 Å². The zero-order valence-electron chi connectivity index (χ0n) is 19.5. The molecule has 0 bridgehead atoms. The van der Waals surface area contributed by atoms with Crippen molar-refractivity contribution >= 4 is 39.7 Å². The van der Waals surface area contributed by atoms with Gasteiger partial charge in [0.15, 0.2) is 0 Å². The van der Waals surface area contributed by atoms with Gasteiger partial charge >= 0.3 is 5.97 Å². The predicted octanol–water partition coefficient (Wildman–Crippen LogP) is 6.82. The third-order valence-electron chi connectivity index (χ3n) is 6.24. The highest BCUT2D eigenvalue weighted by Gasteiger charge is 2.39. The third-order valence-corrected chi connectivity index (χ3v) is 8.23. The molecule has 1 aliphatic rings. The monoisotopic (exact) mass is 491 g/mol. The van der Waals surface area contributed by atoms with Crippen molar-refractivity contribution in [3.63, 3.8) is 0 Å². The topological polar surface area (TPSA) is 66.8 Å². The molecule has 5 nitrogen and oxygen atoms in total. The number of ether oxygens (including phenoxy) is 1. The number of fused-ring (bicyclic) bond motifs is 1. The van der Waals surface area contributed by atoms with Crippen LogP contribution in [0.1, 0.15) is 58.8 Å². The maximum atomic E-state index is 13.8. The molecule has 0 spiro atoms. The maximum Gasteiger partial charge on any atom is 0.306 e. The van der Waals surface area contributed by atoms with E-state index < -0.39 is 16.8 Å². The lowest BCUT2D eigenvalue weighted by atomic mass is 9.79. The van der Waals surface area contributed by atoms with Gasteiger partial charge in [0.05, 0.1) is 39.4 Å². The Morgan fingerprint density at radius 1 is 1.15 bits per heavy atom. The highest BCUT2D eigenvalue weighted by Crippen LogP contribution is 2.46. The first-order valence-corrected chi connectivity index (χ1v) is 13.5. The number of para-hydroxylation sites is 1. The standard InChI is InChI=1S/C26H34ClNO4S/c1-3-5-13-26(14-6-4-2)18-28(20-10-8-7-9-11-20)22-16-21(27)23(32-15-12-25(29)30)17-24(22)33(31)19-26/h7-11,16-17H,3-6,12-15,18-19H2,1-2H3,(H,29,30). The van der Waals surface area contributed by atoms with Crippen molar-refractivity contribution < 1.29 is 18.8 Å². The van der Waals surface area contributed by atoms with Crippen molar-refractivity contribution in [3.8, 4) is 5.75 Å². The van der Waals surface area contributed by atoms with Gasteiger partial charge < -0.3 is 14.7 Å². The van der Waals surface area contributed by atoms with Gasteiger partial charge in [-0.1, -0.05) is 69.3 Å². The van der Waals surface area contributed by atoms with Gasteiger partial charge in [-0.2, -0.15) is 0 Å². The number of carbonyl (C=O) groups is 1. The minimum absolute atomic E-state index is 0.0137. The van der Waals surface area contributed by atoms with E-state index in [4.69, 9.17) is 21.4 Å². The molecule has 1 heterocycles. The summed E-state index contributed by atoms with van der Waals surface area (Å²) in [5.74, 6) is 0.0449. The van der Waals surface area contributed by atoms with E-state index in [0.29, 0.717) is 21.4 Å². The molecule has 0 saturated heterocycles. The molecular formula is C26H34ClNO4S. The van der Waals surface area contributed by atoms with Crippen molar-refractivity contribution in [2.75, 3.05) is 23.8 Å². The second-order valence-electron chi connectivity index (χ2n) is 8.86. The SMILES string of the molecule is CCCCC1(CCCC)CN(c2ccccc2)c2cc(Cl)c(OCCC(=O)O)cc2S(=O)C1. The average molecular weight is 492 g/mol. The zero-order valence-corrected chi connectivity index (χ0v) is 21.1. The number of hydrogen-bond donors (Lipinski definition) is 1. The van der Waals surface area contributed by atoms with Gasteiger partial charge in [0.25, 0.3) is 0 Å². The number of benzene rings is 2. The second-order valence-corrected chi connectivity index (χ2v) is 10.7. The van der Waals surface area contributed by atoms with Crippen LogP contribution in [0.2, 0.25) is 5.02 Å². The maximum absolute atomic E-state index is 13.8. The Balaban J connectivity index is 2.07. The first kappa shape index (κ1) is 25.6. The largest absolute Gasteiger partial charge is 0.491 e. The van der Waals surface area contributed by atoms with E-state index in [1.807, 2.05) is 24.3 Å². The van der Waals surface area contributed by atoms with Crippen LogP contribution < -0.4 is 9.64 Å². The number of aliphatic carboxylic acids is 1. The van der Waals surface area contributed by atoms with Crippen molar-refractivity contribution in [3.05, 3.63) is 47.5 Å². The second kappa shape index (κ2) is 11.9. The fourth-order valence-corrected chi connectivity index (χ4v) is 6.41. The van der Waals surface area contributed by atoms with E-state index >= 15 is 0 Å². The van der Waals surface area contributed by atoms with Crippen molar-refractivity contribution in [2.24, 2.45) is 5.41 Å². The lowest BCUT2D eigenvalue weighted by molar-refractivity contribution is -0.137. The van der Waals surface area contributed by atoms with Crippen LogP contribution >= 0.6 is 11.6 Å². The Bertz CT molecular complexity index is 958. The van der Waals surface area contributed by atoms with E-state index in [1.165, 1.54) is 0 Å². The van der Waals surface area contributed by atoms with Crippen LogP contribution in [-0.4, -0.2) is 34.2 Å². The molecule has 1 N–H and O–H groups in total. The Labute approximate surface area is 204 Å². The molecule has 2 aromatic carbocycles. The number of rotatable bonds is 11. The number of carboxylic acids is 1. The van der Waals surface area contributed by atoms with E-state index in [0.717, 1.165) is 56.4 Å². The number of halogens is 1. The molecule has 33 heavy (non-hydrogen) atoms. The first-order chi connectivity index (χ1) is 15.9. The molecule has 1 aliphatic heterocycles. The predicted molar refractivity (Wildman–Crippen MR) is 135 cm³/mol. The van der Waals surface area contributed by atoms with Gasteiger partial charge in [-0.15, -0.1) is 0 Å². The summed E-state index contributed by atoms with van der Waals surface area (Å²) >= 11 is 6.57. The van der Waals surface area contributed by atoms with Crippen molar-refractivity contribution in [2.45, 2.75) is 63.7 Å². The number of hydrogen-bond acceptors (Lipinski definition) is 4. The van der Waals surface area contributed by atoms with Crippen LogP contribution in [0.25, 0.3) is 0 Å². The highest BCUT2D eigenvalue weighted by atomic mass is 35.5. The summed E-state index contributed by atoms with van der Waals surface area (Å²) in [5.41, 5.74) is 1.82. The lowest BCUT2D eigenvalue weighted by Crippen LogP contribution is -2.37. The fraction of sp³-hybridized carbons (Fsp3) is 0.500. The summed E-state index contributed by atoms with van der Waals surface area (Å²) in [6, 6.07) is 13.8. The van der Waals surface area contributed by atoms with Gasteiger partial charge in [-0.05, 0) is 37.1 Å². The zero-order chi connectivity index (χ0) is 23.8. The molecule has 180 valence electrons. The molecule has 0 radical (unpaired) electrons. The molecule has 7 heteroatoms. The average Bonchev–Trinajstić information content (AvgIpc) is 2.91. The molecule has 2 aromatic rings. The smallest absolute Gasteiger partial charge is 0.306 e. The van der Waals surface area contributed by atoms with Gasteiger partial charge in [-0.3, -0.25) is 9.00 Å². The number of carboxylic acid groups (broad SMARTS) is 1. The number of nitrogens with zero attached hydrogens (tertiary/aromatic N) is 1. The van der Waals surface area contributed by atoms with Gasteiger partial charge in [-0.25, -0.2) is 0 Å². The van der Waals surface area contributed by atoms with Gasteiger partial charge in [0, 0.05) is 23.4 Å². The molecule has 0 fully saturated rings. The fourth-order valence-electron chi connectivity index (χ4n) is 4.47. The van der Waals surface area contributed by atoms with Crippen LogP contribution in [0.5, 0.6) is 5.75 Å². The van der Waals surface area contributed by atoms with E-state index in [9.17, 15) is 9.00 Å². The van der Waals surface area contributed by atoms with Crippen LogP contribution in [0.3, 0.4) is 0 Å². The third kappa shape index (κ3) is 6.51. The van der Waals surface area contributed by atoms with Crippen molar-refractivity contribution in [1.29, 1.82) is 0 Å². The Morgan fingerprint density at radius 2 is 1.82 bits per heavy atom. The summed E-state index contributed by atoms with van der Waals surface area (Å²) in [6.45, 7) is 5.20. The molecule has 3 rings (SSSR count). The molecule has 0 amide bonds. The summed E-state index contributed by atoms with van der Waals surface area (Å²) in [5, 5.41) is 9.32. The minimum atomic E-state index is -1.23. The first-order valence-electron chi connectivity index (χ1n) is 11.8. The Morgan fingerprint density at radius 3 is 2.42 bits per heavy atom. The van der Waals surface area contributed by atoms with Gasteiger partial charge in [0.2, 0.25) is 0 Å². The molecule has 0 aliphatic carbocycles. The minimum Gasteiger partial charge on any atom is -0.491 e. The summed E-state index contributed by atoms with van der Waals surface area (Å²) in [4.78, 5) is 13.8. The highest BCUT2D eigenvalue weighted by molar-refractivity contribution is 7.85. The quantitative estimate of drug-likeness (QED) is 0.373. The molecule has 1 unspecified atom stereocenters. The van der Waals surface area contributed by atoms with Crippen LogP contribution in [0.4, 0.5) is 11.4 Å². The molecule has 1 atom stereocenters. The van der Waals surface area contributed by atoms with E-state index in [-0.39, 0.29) is 18.4 Å². The lowest BCUT2D eigenvalue weighted by Gasteiger charge is -2.37. The van der Waals surface area contributed by atoms with Crippen LogP contribution in [-0.2, 0) is 15.6 Å². The summed E-state index contributed by atoms with van der Waals surface area (Å²) < 4.78 is 19.4. The Hall–Kier alpha value is -2.05. The van der Waals surface area contributed by atoms with E-state index in [1.54, 1.807) is 6.07 Å². The number of anilines is 2. The molecule has 0 saturated carbocycles.